The molecule has 0 radical (unpaired) electrons. The van der Waals surface area contributed by atoms with Crippen LogP contribution in [0.5, 0.6) is 0 Å². The van der Waals surface area contributed by atoms with E-state index >= 15 is 0 Å². The Morgan fingerprint density at radius 3 is 2.80 bits per heavy atom. The van der Waals surface area contributed by atoms with E-state index in [4.69, 9.17) is 22.7 Å². The third kappa shape index (κ3) is 6.07. The number of rotatable bonds is 8. The highest BCUT2D eigenvalue weighted by Crippen LogP contribution is 2.28. The molecule has 2 N–H and O–H groups in total. The van der Waals surface area contributed by atoms with Gasteiger partial charge in [0.25, 0.3) is 0 Å². The van der Waals surface area contributed by atoms with Crippen LogP contribution in [-0.4, -0.2) is 43.2 Å². The second kappa shape index (κ2) is 6.40. The Morgan fingerprint density at radius 1 is 1.60 bits per heavy atom. The molecule has 1 saturated carbocycles. The number of ether oxygens (including phenoxy) is 1. The summed E-state index contributed by atoms with van der Waals surface area (Å²) in [5.41, 5.74) is 5.56. The van der Waals surface area contributed by atoms with Crippen molar-refractivity contribution in [1.29, 1.82) is 0 Å². The highest BCUT2D eigenvalue weighted by Gasteiger charge is 2.21. The minimum absolute atomic E-state index is 0.286. The summed E-state index contributed by atoms with van der Waals surface area (Å²) in [5, 5.41) is 0. The van der Waals surface area contributed by atoms with E-state index in [1.165, 1.54) is 12.8 Å². The third-order valence-electron chi connectivity index (χ3n) is 2.74. The maximum Gasteiger partial charge on any atom is 0.0768 e. The van der Waals surface area contributed by atoms with E-state index in [1.807, 2.05) is 0 Å². The maximum atomic E-state index is 5.56. The van der Waals surface area contributed by atoms with Crippen LogP contribution >= 0.6 is 12.2 Å². The molecule has 0 heterocycles. The monoisotopic (exact) mass is 230 g/mol. The van der Waals surface area contributed by atoms with Crippen LogP contribution in [0.3, 0.4) is 0 Å². The van der Waals surface area contributed by atoms with E-state index in [2.05, 4.69) is 18.9 Å². The van der Waals surface area contributed by atoms with Crippen LogP contribution in [0.1, 0.15) is 19.8 Å². The van der Waals surface area contributed by atoms with Crippen molar-refractivity contribution in [2.75, 3.05) is 33.4 Å². The van der Waals surface area contributed by atoms with E-state index in [9.17, 15) is 0 Å². The van der Waals surface area contributed by atoms with Gasteiger partial charge in [-0.25, -0.2) is 0 Å². The molecule has 4 heteroatoms. The molecule has 0 bridgehead atoms. The first-order valence-electron chi connectivity index (χ1n) is 5.65. The SMILES string of the molecule is CC(CN(C)CCOCC1CC1)C(N)=S. The fourth-order valence-electron chi connectivity index (χ4n) is 1.40. The Kier molecular flexibility index (Phi) is 5.50. The number of nitrogens with zero attached hydrogens (tertiary/aromatic N) is 1. The molecule has 3 nitrogen and oxygen atoms in total. The van der Waals surface area contributed by atoms with E-state index in [0.717, 1.165) is 32.2 Å². The van der Waals surface area contributed by atoms with Gasteiger partial charge < -0.3 is 15.4 Å². The molecular weight excluding hydrogens is 208 g/mol. The molecule has 1 fully saturated rings. The molecule has 0 saturated heterocycles. The average molecular weight is 230 g/mol. The van der Waals surface area contributed by atoms with Gasteiger partial charge in [-0.05, 0) is 25.8 Å². The third-order valence-corrected chi connectivity index (χ3v) is 3.14. The molecule has 1 aliphatic carbocycles. The van der Waals surface area contributed by atoms with Crippen molar-refractivity contribution in [3.05, 3.63) is 0 Å². The second-order valence-electron chi connectivity index (χ2n) is 4.58. The highest BCUT2D eigenvalue weighted by molar-refractivity contribution is 7.80. The standard InChI is InChI=1S/C11H22N2OS/c1-9(11(12)15)7-13(2)5-6-14-8-10-3-4-10/h9-10H,3-8H2,1-2H3,(H2,12,15). The largest absolute Gasteiger partial charge is 0.393 e. The summed E-state index contributed by atoms with van der Waals surface area (Å²) in [6.45, 7) is 5.70. The lowest BCUT2D eigenvalue weighted by atomic mass is 10.2. The first-order chi connectivity index (χ1) is 7.09. The van der Waals surface area contributed by atoms with Crippen molar-refractivity contribution in [2.24, 2.45) is 17.6 Å². The van der Waals surface area contributed by atoms with Gasteiger partial charge in [0.15, 0.2) is 0 Å². The van der Waals surface area contributed by atoms with E-state index in [0.29, 0.717) is 4.99 Å². The molecule has 15 heavy (non-hydrogen) atoms. The van der Waals surface area contributed by atoms with Crippen LogP contribution in [-0.2, 0) is 4.74 Å². The van der Waals surface area contributed by atoms with Crippen molar-refractivity contribution in [2.45, 2.75) is 19.8 Å². The molecule has 1 rings (SSSR count). The highest BCUT2D eigenvalue weighted by atomic mass is 32.1. The van der Waals surface area contributed by atoms with Gasteiger partial charge in [0.05, 0.1) is 11.6 Å². The molecule has 0 aliphatic heterocycles. The van der Waals surface area contributed by atoms with E-state index < -0.39 is 0 Å². The van der Waals surface area contributed by atoms with Gasteiger partial charge in [-0.15, -0.1) is 0 Å². The summed E-state index contributed by atoms with van der Waals surface area (Å²) >= 11 is 4.93. The quantitative estimate of drug-likeness (QED) is 0.503. The molecule has 88 valence electrons. The first-order valence-corrected chi connectivity index (χ1v) is 6.06. The van der Waals surface area contributed by atoms with Gasteiger partial charge in [-0.3, -0.25) is 0 Å². The summed E-state index contributed by atoms with van der Waals surface area (Å²) in [5.74, 6) is 1.14. The average Bonchev–Trinajstić information content (AvgIpc) is 2.95. The molecule has 0 aromatic rings. The van der Waals surface area contributed by atoms with E-state index in [-0.39, 0.29) is 5.92 Å². The second-order valence-corrected chi connectivity index (χ2v) is 5.06. The van der Waals surface area contributed by atoms with Crippen LogP contribution < -0.4 is 5.73 Å². The molecule has 1 aliphatic rings. The Morgan fingerprint density at radius 2 is 2.27 bits per heavy atom. The summed E-state index contributed by atoms with van der Waals surface area (Å²) in [4.78, 5) is 2.82. The van der Waals surface area contributed by atoms with Crippen LogP contribution in [0.2, 0.25) is 0 Å². The van der Waals surface area contributed by atoms with E-state index in [1.54, 1.807) is 0 Å². The van der Waals surface area contributed by atoms with Crippen molar-refractivity contribution in [1.82, 2.24) is 4.90 Å². The van der Waals surface area contributed by atoms with Gasteiger partial charge in [-0.2, -0.15) is 0 Å². The zero-order valence-corrected chi connectivity index (χ0v) is 10.6. The zero-order valence-electron chi connectivity index (χ0n) is 9.74. The minimum Gasteiger partial charge on any atom is -0.393 e. The van der Waals surface area contributed by atoms with Crippen molar-refractivity contribution < 1.29 is 4.74 Å². The smallest absolute Gasteiger partial charge is 0.0768 e. The van der Waals surface area contributed by atoms with Crippen LogP contribution in [0.25, 0.3) is 0 Å². The predicted octanol–water partition coefficient (Wildman–Crippen LogP) is 1.27. The van der Waals surface area contributed by atoms with Crippen molar-refractivity contribution in [3.63, 3.8) is 0 Å². The molecule has 0 aromatic carbocycles. The summed E-state index contributed by atoms with van der Waals surface area (Å²) in [6, 6.07) is 0. The van der Waals surface area contributed by atoms with Gasteiger partial charge >= 0.3 is 0 Å². The van der Waals surface area contributed by atoms with Gasteiger partial charge in [0.1, 0.15) is 0 Å². The number of hydrogen-bond donors (Lipinski definition) is 1. The number of likely N-dealkylation sites (N-methyl/N-ethyl adjacent to an activating group) is 1. The zero-order chi connectivity index (χ0) is 11.3. The molecule has 0 spiro atoms. The topological polar surface area (TPSA) is 38.5 Å². The van der Waals surface area contributed by atoms with Crippen molar-refractivity contribution >= 4 is 17.2 Å². The Labute approximate surface area is 98.0 Å². The Hall–Kier alpha value is -0.190. The lowest BCUT2D eigenvalue weighted by Gasteiger charge is -2.20. The number of hydrogen-bond acceptors (Lipinski definition) is 3. The van der Waals surface area contributed by atoms with Crippen LogP contribution in [0.15, 0.2) is 0 Å². The molecule has 1 unspecified atom stereocenters. The number of thiocarbonyl (C=S) groups is 1. The normalized spacial score (nSPS) is 18.1. The molecule has 0 aromatic heterocycles. The summed E-state index contributed by atoms with van der Waals surface area (Å²) in [7, 11) is 2.08. The predicted molar refractivity (Wildman–Crippen MR) is 67.0 cm³/mol. The minimum atomic E-state index is 0.286. The molecular formula is C11H22N2OS. The summed E-state index contributed by atoms with van der Waals surface area (Å²) in [6.07, 6.45) is 2.71. The summed E-state index contributed by atoms with van der Waals surface area (Å²) < 4.78 is 5.56. The lowest BCUT2D eigenvalue weighted by Crippen LogP contribution is -2.33. The number of nitrogens with two attached hydrogens (primary N) is 1. The van der Waals surface area contributed by atoms with Gasteiger partial charge in [-0.1, -0.05) is 19.1 Å². The maximum absolute atomic E-state index is 5.56. The Bertz CT molecular complexity index is 207. The lowest BCUT2D eigenvalue weighted by molar-refractivity contribution is 0.102. The van der Waals surface area contributed by atoms with Gasteiger partial charge in [0, 0.05) is 25.6 Å². The molecule has 1 atom stereocenters. The fraction of sp³-hybridized carbons (Fsp3) is 0.909. The van der Waals surface area contributed by atoms with Gasteiger partial charge in [0.2, 0.25) is 0 Å². The fourth-order valence-corrected chi connectivity index (χ4v) is 1.48. The first kappa shape index (κ1) is 12.9. The molecule has 0 amide bonds. The van der Waals surface area contributed by atoms with Crippen LogP contribution in [0, 0.1) is 11.8 Å². The van der Waals surface area contributed by atoms with Crippen LogP contribution in [0.4, 0.5) is 0 Å². The van der Waals surface area contributed by atoms with Crippen molar-refractivity contribution in [3.8, 4) is 0 Å². The Balaban J connectivity index is 1.96.